The fourth-order valence-electron chi connectivity index (χ4n) is 5.34. The summed E-state index contributed by atoms with van der Waals surface area (Å²) in [5.41, 5.74) is 8.17. The molecule has 210 valence electrons. The summed E-state index contributed by atoms with van der Waals surface area (Å²) in [4.78, 5) is 10.8. The van der Waals surface area contributed by atoms with Gasteiger partial charge in [-0.05, 0) is 18.2 Å². The minimum Gasteiger partial charge on any atom is -0.490 e. The van der Waals surface area contributed by atoms with Gasteiger partial charge in [-0.25, -0.2) is 13.8 Å². The van der Waals surface area contributed by atoms with Gasteiger partial charge < -0.3 is 30.5 Å². The van der Waals surface area contributed by atoms with Crippen LogP contribution < -0.4 is 20.7 Å². The van der Waals surface area contributed by atoms with Crippen LogP contribution in [0.25, 0.3) is 16.8 Å². The SMILES string of the molecule is C[C@H]1CN(c2ccncc2Nc2ncc3ccc(-c4c(F)cc(OC5CCOCC5)cc4F)nn23)C[C@@H](N)[C@@H]1O. The second-order valence-electron chi connectivity index (χ2n) is 10.4. The van der Waals surface area contributed by atoms with Gasteiger partial charge in [-0.2, -0.15) is 9.61 Å². The third kappa shape index (κ3) is 5.17. The Morgan fingerprint density at radius 1 is 1.10 bits per heavy atom. The molecule has 0 amide bonds. The van der Waals surface area contributed by atoms with Gasteiger partial charge >= 0.3 is 0 Å². The Balaban J connectivity index is 1.29. The van der Waals surface area contributed by atoms with Crippen LogP contribution in [0.2, 0.25) is 0 Å². The summed E-state index contributed by atoms with van der Waals surface area (Å²) >= 11 is 0. The lowest BCUT2D eigenvalue weighted by Gasteiger charge is -2.40. The van der Waals surface area contributed by atoms with Crippen LogP contribution in [-0.4, -0.2) is 69.2 Å². The minimum atomic E-state index is -0.768. The van der Waals surface area contributed by atoms with E-state index in [1.807, 2.05) is 13.0 Å². The number of nitrogens with one attached hydrogen (secondary N) is 1. The third-order valence-electron chi connectivity index (χ3n) is 7.47. The number of aliphatic hydroxyl groups excluding tert-OH is 1. The number of hydrogen-bond acceptors (Lipinski definition) is 9. The van der Waals surface area contributed by atoms with Crippen molar-refractivity contribution in [3.05, 3.63) is 60.6 Å². The highest BCUT2D eigenvalue weighted by Crippen LogP contribution is 2.33. The van der Waals surface area contributed by atoms with E-state index in [1.165, 1.54) is 16.6 Å². The van der Waals surface area contributed by atoms with Gasteiger partial charge in [-0.15, -0.1) is 0 Å². The standard InChI is InChI=1S/C28H31F2N7O3/c1-16-14-36(15-22(31)27(16)38)25-4-7-32-13-24(25)34-28-33-12-17-2-3-23(35-37(17)28)26-20(29)10-19(11-21(26)30)40-18-5-8-39-9-6-18/h2-4,7,10-13,16,18,22,27,38H,5-6,8-9,14-15,31H2,1H3,(H,33,34)/t16-,22+,27+/m0/s1. The summed E-state index contributed by atoms with van der Waals surface area (Å²) in [6.07, 6.45) is 5.59. The molecule has 4 aromatic rings. The summed E-state index contributed by atoms with van der Waals surface area (Å²) < 4.78 is 43.0. The molecule has 3 aromatic heterocycles. The quantitative estimate of drug-likeness (QED) is 0.330. The van der Waals surface area contributed by atoms with E-state index in [4.69, 9.17) is 15.2 Å². The number of rotatable bonds is 6. The fraction of sp³-hybridized carbons (Fsp3) is 0.393. The highest BCUT2D eigenvalue weighted by atomic mass is 19.1. The fourth-order valence-corrected chi connectivity index (χ4v) is 5.34. The molecule has 3 atom stereocenters. The Hall–Kier alpha value is -3.87. The zero-order chi connectivity index (χ0) is 27.8. The maximum absolute atomic E-state index is 15.2. The van der Waals surface area contributed by atoms with Crippen molar-refractivity contribution >= 4 is 22.8 Å². The number of aliphatic hydroxyl groups is 1. The molecule has 5 heterocycles. The summed E-state index contributed by atoms with van der Waals surface area (Å²) in [5, 5.41) is 18.1. The largest absolute Gasteiger partial charge is 0.490 e. The van der Waals surface area contributed by atoms with E-state index < -0.39 is 17.7 Å². The number of aromatic nitrogens is 4. The molecule has 2 saturated heterocycles. The number of pyridine rings is 1. The van der Waals surface area contributed by atoms with Crippen molar-refractivity contribution in [3.63, 3.8) is 0 Å². The van der Waals surface area contributed by atoms with E-state index in [9.17, 15) is 5.11 Å². The first kappa shape index (κ1) is 26.4. The highest BCUT2D eigenvalue weighted by Gasteiger charge is 2.32. The Bertz CT molecular complexity index is 1480. The minimum absolute atomic E-state index is 0.0143. The summed E-state index contributed by atoms with van der Waals surface area (Å²) in [5.74, 6) is -1.06. The molecule has 6 rings (SSSR count). The van der Waals surface area contributed by atoms with Gasteiger partial charge in [0.15, 0.2) is 0 Å². The van der Waals surface area contributed by atoms with Gasteiger partial charge in [0.05, 0.1) is 59.9 Å². The smallest absolute Gasteiger partial charge is 0.229 e. The van der Waals surface area contributed by atoms with Gasteiger partial charge in [0.1, 0.15) is 23.5 Å². The van der Waals surface area contributed by atoms with Crippen molar-refractivity contribution in [3.8, 4) is 17.0 Å². The average molecular weight is 552 g/mol. The highest BCUT2D eigenvalue weighted by molar-refractivity contribution is 5.74. The van der Waals surface area contributed by atoms with Crippen molar-refractivity contribution < 1.29 is 23.4 Å². The maximum atomic E-state index is 15.2. The van der Waals surface area contributed by atoms with E-state index >= 15 is 8.78 Å². The van der Waals surface area contributed by atoms with Crippen LogP contribution in [0.1, 0.15) is 19.8 Å². The van der Waals surface area contributed by atoms with Crippen molar-refractivity contribution in [1.82, 2.24) is 19.6 Å². The third-order valence-corrected chi connectivity index (χ3v) is 7.47. The summed E-state index contributed by atoms with van der Waals surface area (Å²) in [6.45, 7) is 4.17. The number of ether oxygens (including phenoxy) is 2. The Morgan fingerprint density at radius 3 is 2.62 bits per heavy atom. The molecule has 0 saturated carbocycles. The zero-order valence-electron chi connectivity index (χ0n) is 22.0. The topological polar surface area (TPSA) is 123 Å². The molecule has 4 N–H and O–H groups in total. The van der Waals surface area contributed by atoms with Crippen LogP contribution in [0.5, 0.6) is 5.75 Å². The number of anilines is 3. The van der Waals surface area contributed by atoms with Crippen LogP contribution in [0.3, 0.4) is 0 Å². The lowest BCUT2D eigenvalue weighted by molar-refractivity contribution is 0.0253. The number of hydrogen-bond donors (Lipinski definition) is 3. The van der Waals surface area contributed by atoms with Gasteiger partial charge in [0.25, 0.3) is 0 Å². The Morgan fingerprint density at radius 2 is 1.88 bits per heavy atom. The van der Waals surface area contributed by atoms with Crippen LogP contribution in [0, 0.1) is 17.6 Å². The molecule has 0 aliphatic carbocycles. The van der Waals surface area contributed by atoms with Gasteiger partial charge in [-0.1, -0.05) is 6.92 Å². The number of fused-ring (bicyclic) bond motifs is 1. The molecule has 2 aliphatic heterocycles. The van der Waals surface area contributed by atoms with Crippen molar-refractivity contribution in [2.75, 3.05) is 36.5 Å². The number of nitrogens with zero attached hydrogens (tertiary/aromatic N) is 5. The maximum Gasteiger partial charge on any atom is 0.229 e. The second kappa shape index (κ2) is 11.0. The predicted octanol–water partition coefficient (Wildman–Crippen LogP) is 3.52. The molecule has 10 nitrogen and oxygen atoms in total. The molecule has 2 fully saturated rings. The van der Waals surface area contributed by atoms with E-state index in [2.05, 4.69) is 25.3 Å². The van der Waals surface area contributed by atoms with Crippen molar-refractivity contribution in [2.24, 2.45) is 11.7 Å². The van der Waals surface area contributed by atoms with E-state index in [0.29, 0.717) is 56.3 Å². The lowest BCUT2D eigenvalue weighted by atomic mass is 9.92. The molecule has 0 bridgehead atoms. The Kier molecular flexibility index (Phi) is 7.22. The van der Waals surface area contributed by atoms with Crippen LogP contribution >= 0.6 is 0 Å². The average Bonchev–Trinajstić information content (AvgIpc) is 3.34. The number of piperidine rings is 1. The van der Waals surface area contributed by atoms with Crippen molar-refractivity contribution in [1.29, 1.82) is 0 Å². The first-order valence-corrected chi connectivity index (χ1v) is 13.4. The summed E-state index contributed by atoms with van der Waals surface area (Å²) in [6, 6.07) is 7.11. The summed E-state index contributed by atoms with van der Waals surface area (Å²) in [7, 11) is 0. The van der Waals surface area contributed by atoms with E-state index in [1.54, 1.807) is 30.7 Å². The van der Waals surface area contributed by atoms with Gasteiger partial charge in [0, 0.05) is 56.2 Å². The predicted molar refractivity (Wildman–Crippen MR) is 146 cm³/mol. The number of halogens is 2. The normalized spacial score (nSPS) is 22.0. The van der Waals surface area contributed by atoms with E-state index in [0.717, 1.165) is 5.69 Å². The molecule has 0 spiro atoms. The van der Waals surface area contributed by atoms with Crippen LogP contribution in [-0.2, 0) is 4.74 Å². The molecule has 2 aliphatic rings. The van der Waals surface area contributed by atoms with Crippen LogP contribution in [0.15, 0.2) is 48.9 Å². The molecule has 0 radical (unpaired) electrons. The Labute approximate surface area is 229 Å². The molecule has 12 heteroatoms. The first-order valence-electron chi connectivity index (χ1n) is 13.4. The van der Waals surface area contributed by atoms with Gasteiger partial charge in [-0.3, -0.25) is 4.98 Å². The van der Waals surface area contributed by atoms with Gasteiger partial charge in [0.2, 0.25) is 5.95 Å². The van der Waals surface area contributed by atoms with E-state index in [-0.39, 0.29) is 35.1 Å². The molecule has 40 heavy (non-hydrogen) atoms. The monoisotopic (exact) mass is 551 g/mol. The number of benzene rings is 1. The number of imidazole rings is 1. The molecule has 1 aromatic carbocycles. The lowest BCUT2D eigenvalue weighted by Crippen LogP contribution is -2.55. The molecular formula is C28H31F2N7O3. The molecular weight excluding hydrogens is 520 g/mol. The molecule has 0 unspecified atom stereocenters. The second-order valence-corrected chi connectivity index (χ2v) is 10.4. The van der Waals surface area contributed by atoms with Crippen LogP contribution in [0.4, 0.5) is 26.1 Å². The first-order chi connectivity index (χ1) is 19.4. The number of nitrogens with two attached hydrogens (primary N) is 1. The van der Waals surface area contributed by atoms with Crippen molar-refractivity contribution in [2.45, 2.75) is 38.0 Å². The zero-order valence-corrected chi connectivity index (χ0v) is 22.0.